The number of hydrogen-bond acceptors (Lipinski definition) is 0. The average molecular weight is 814 g/mol. The second-order valence-electron chi connectivity index (χ2n) is 11.3. The average Bonchev–Trinajstić information content (AvgIpc) is 3.65. The van der Waals surface area contributed by atoms with Gasteiger partial charge in [0.15, 0.2) is 0 Å². The van der Waals surface area contributed by atoms with E-state index in [0.717, 1.165) is 19.3 Å². The molecule has 0 heterocycles. The van der Waals surface area contributed by atoms with Crippen LogP contribution in [0.4, 0.5) is 0 Å². The second-order valence-corrected chi connectivity index (χ2v) is 11.3. The Balaban J connectivity index is 0.000000400. The molecule has 0 atom stereocenters. The largest absolute Gasteiger partial charge is 1.00 e. The Kier molecular flexibility index (Phi) is 19.4. The van der Waals surface area contributed by atoms with E-state index in [-0.39, 0.29) is 50.7 Å². The summed E-state index contributed by atoms with van der Waals surface area (Å²) < 4.78 is 0. The van der Waals surface area contributed by atoms with E-state index >= 15 is 0 Å². The molecule has 6 aromatic carbocycles. The third-order valence-electron chi connectivity index (χ3n) is 8.04. The maximum atomic E-state index is 3.38. The van der Waals surface area contributed by atoms with Crippen LogP contribution in [0.2, 0.25) is 0 Å². The number of fused-ring (bicyclic) bond motifs is 2. The summed E-state index contributed by atoms with van der Waals surface area (Å²) in [4.78, 5) is 0. The minimum absolute atomic E-state index is 0. The van der Waals surface area contributed by atoms with Crippen LogP contribution < -0.4 is 24.8 Å². The van der Waals surface area contributed by atoms with Crippen LogP contribution in [0.5, 0.6) is 0 Å². The number of aryl methyl sites for hydroxylation is 4. The molecule has 0 N–H and O–H groups in total. The molecular formula is C43H48Cl2Hf-6. The summed E-state index contributed by atoms with van der Waals surface area (Å²) in [5.41, 5.74) is 11.1. The van der Waals surface area contributed by atoms with Crippen molar-refractivity contribution < 1.29 is 50.7 Å². The van der Waals surface area contributed by atoms with Crippen molar-refractivity contribution in [3.05, 3.63) is 145 Å². The molecule has 0 aromatic heterocycles. The van der Waals surface area contributed by atoms with Gasteiger partial charge in [0.2, 0.25) is 0 Å². The SMILES string of the molecule is CCCc1cc2c(-c3ccc(CC)cc3)cccc2[cH-]1.CCCc1cc2c(-c3ccc(CC)cc3)cccc2[cH-]1.[CH2-]C[CH2-].[Cl-].[Cl-].[Hf]. The maximum absolute atomic E-state index is 3.38. The zero-order chi connectivity index (χ0) is 30.6. The zero-order valence-electron chi connectivity index (χ0n) is 28.0. The van der Waals surface area contributed by atoms with Crippen molar-refractivity contribution in [3.63, 3.8) is 0 Å². The quantitative estimate of drug-likeness (QED) is 0.121. The molecule has 0 spiro atoms. The smallest absolute Gasteiger partial charge is 0 e. The van der Waals surface area contributed by atoms with Crippen LogP contribution >= 0.6 is 0 Å². The summed E-state index contributed by atoms with van der Waals surface area (Å²) >= 11 is 0. The van der Waals surface area contributed by atoms with E-state index in [2.05, 4.69) is 151 Å². The van der Waals surface area contributed by atoms with Crippen molar-refractivity contribution in [1.29, 1.82) is 0 Å². The topological polar surface area (TPSA) is 0 Å². The van der Waals surface area contributed by atoms with Crippen molar-refractivity contribution in [1.82, 2.24) is 0 Å². The van der Waals surface area contributed by atoms with Gasteiger partial charge in [-0.25, -0.2) is 0 Å². The van der Waals surface area contributed by atoms with Gasteiger partial charge in [-0.15, -0.1) is 69.1 Å². The first-order chi connectivity index (χ1) is 21.0. The number of rotatable bonds is 8. The zero-order valence-corrected chi connectivity index (χ0v) is 33.1. The van der Waals surface area contributed by atoms with Crippen LogP contribution in [0.3, 0.4) is 0 Å². The molecule has 0 amide bonds. The van der Waals surface area contributed by atoms with Gasteiger partial charge in [0.1, 0.15) is 0 Å². The molecule has 6 aromatic rings. The Morgan fingerprint density at radius 2 is 0.870 bits per heavy atom. The Morgan fingerprint density at radius 3 is 1.17 bits per heavy atom. The van der Waals surface area contributed by atoms with E-state index in [9.17, 15) is 0 Å². The molecule has 6 rings (SSSR count). The van der Waals surface area contributed by atoms with Gasteiger partial charge in [-0.3, -0.25) is 0 Å². The molecule has 0 saturated carbocycles. The monoisotopic (exact) mass is 814 g/mol. The minimum atomic E-state index is 0. The molecule has 0 aliphatic carbocycles. The van der Waals surface area contributed by atoms with Crippen LogP contribution in [0.1, 0.15) is 69.2 Å². The minimum Gasteiger partial charge on any atom is -1.00 e. The summed E-state index contributed by atoms with van der Waals surface area (Å²) in [5.74, 6) is 0. The number of halogens is 2. The molecule has 0 aliphatic heterocycles. The fraction of sp³-hybridized carbons (Fsp3) is 0.256. The molecular weight excluding hydrogens is 766 g/mol. The molecule has 46 heavy (non-hydrogen) atoms. The van der Waals surface area contributed by atoms with Crippen molar-refractivity contribution in [3.8, 4) is 22.3 Å². The first kappa shape index (κ1) is 41.6. The van der Waals surface area contributed by atoms with E-state index in [1.807, 2.05) is 0 Å². The number of benzene rings is 4. The van der Waals surface area contributed by atoms with E-state index < -0.39 is 0 Å². The Labute approximate surface area is 310 Å². The molecule has 0 fully saturated rings. The van der Waals surface area contributed by atoms with Crippen LogP contribution in [0, 0.1) is 13.8 Å². The molecule has 0 aliphatic rings. The summed E-state index contributed by atoms with van der Waals surface area (Å²) in [7, 11) is 0. The van der Waals surface area contributed by atoms with Crippen LogP contribution in [0.25, 0.3) is 43.8 Å². The molecule has 0 unspecified atom stereocenters. The van der Waals surface area contributed by atoms with Gasteiger partial charge in [-0.05, 0) is 47.9 Å². The van der Waals surface area contributed by atoms with Crippen LogP contribution in [-0.4, -0.2) is 0 Å². The predicted molar refractivity (Wildman–Crippen MR) is 192 cm³/mol. The molecule has 0 nitrogen and oxygen atoms in total. The van der Waals surface area contributed by atoms with Gasteiger partial charge in [0.25, 0.3) is 0 Å². The van der Waals surface area contributed by atoms with Crippen LogP contribution in [-0.2, 0) is 51.5 Å². The normalized spacial score (nSPS) is 10.0. The third kappa shape index (κ3) is 10.8. The Hall–Kier alpha value is -2.45. The number of hydrogen-bond donors (Lipinski definition) is 0. The third-order valence-corrected chi connectivity index (χ3v) is 8.04. The first-order valence-electron chi connectivity index (χ1n) is 16.2. The molecule has 3 heteroatoms. The fourth-order valence-electron chi connectivity index (χ4n) is 5.80. The molecule has 0 bridgehead atoms. The van der Waals surface area contributed by atoms with Gasteiger partial charge in [0, 0.05) is 25.8 Å². The van der Waals surface area contributed by atoms with Gasteiger partial charge < -0.3 is 45.1 Å². The molecule has 0 saturated heterocycles. The van der Waals surface area contributed by atoms with Crippen molar-refractivity contribution in [2.24, 2.45) is 0 Å². The maximum Gasteiger partial charge on any atom is 0 e. The van der Waals surface area contributed by atoms with Crippen LogP contribution in [0.15, 0.2) is 109 Å². The van der Waals surface area contributed by atoms with Crippen molar-refractivity contribution >= 4 is 21.5 Å². The van der Waals surface area contributed by atoms with Gasteiger partial charge >= 0.3 is 0 Å². The van der Waals surface area contributed by atoms with Crippen molar-refractivity contribution in [2.45, 2.75) is 72.6 Å². The molecule has 244 valence electrons. The van der Waals surface area contributed by atoms with Gasteiger partial charge in [-0.1, -0.05) is 112 Å². The van der Waals surface area contributed by atoms with E-state index in [1.165, 1.54) is 91.7 Å². The second kappa shape index (κ2) is 21.4. The summed E-state index contributed by atoms with van der Waals surface area (Å²) in [6.07, 6.45) is 7.70. The fourth-order valence-corrected chi connectivity index (χ4v) is 5.80. The van der Waals surface area contributed by atoms with E-state index in [1.54, 1.807) is 0 Å². The Morgan fingerprint density at radius 1 is 0.522 bits per heavy atom. The standard InChI is InChI=1S/2C20H21.C3H6.2ClH.Hf/c2*1-3-6-16-13-18-7-5-8-19(20(18)14-16)17-11-9-15(4-2)10-12-17;1-3-2;;;/h2*5,7-14H,3-4,6H2,1-2H3;1-3H2;2*1H;/q2*-1;-2;;;/p-2. The van der Waals surface area contributed by atoms with E-state index in [0.29, 0.717) is 0 Å². The van der Waals surface area contributed by atoms with E-state index in [4.69, 9.17) is 0 Å². The van der Waals surface area contributed by atoms with Gasteiger partial charge in [0.05, 0.1) is 0 Å². The molecule has 0 radical (unpaired) electrons. The van der Waals surface area contributed by atoms with Gasteiger partial charge in [-0.2, -0.15) is 12.1 Å². The predicted octanol–water partition coefficient (Wildman–Crippen LogP) is 6.53. The summed E-state index contributed by atoms with van der Waals surface area (Å²) in [5, 5.41) is 5.51. The first-order valence-corrected chi connectivity index (χ1v) is 16.2. The Bertz CT molecular complexity index is 1560. The van der Waals surface area contributed by atoms with Crippen molar-refractivity contribution in [2.75, 3.05) is 0 Å². The summed E-state index contributed by atoms with van der Waals surface area (Å²) in [6.45, 7) is 15.6. The summed E-state index contributed by atoms with van der Waals surface area (Å²) in [6, 6.07) is 40.6.